The Bertz CT molecular complexity index is 483. The largest absolute Gasteiger partial charge is 0.387 e. The molecule has 20 heavy (non-hydrogen) atoms. The van der Waals surface area contributed by atoms with Crippen molar-refractivity contribution in [3.05, 3.63) is 39.9 Å². The van der Waals surface area contributed by atoms with Gasteiger partial charge in [-0.05, 0) is 12.5 Å². The number of β-amino-alcohol motifs (C(OH)–C–C–N with tert-alkyl or cyclic N) is 1. The summed E-state index contributed by atoms with van der Waals surface area (Å²) in [6, 6.07) is 6.66. The van der Waals surface area contributed by atoms with Crippen LogP contribution in [0, 0.1) is 10.1 Å². The minimum Gasteiger partial charge on any atom is -0.387 e. The second-order valence-electron chi connectivity index (χ2n) is 5.18. The number of benzene rings is 1. The third kappa shape index (κ3) is 3.50. The van der Waals surface area contributed by atoms with E-state index in [2.05, 4.69) is 18.7 Å². The summed E-state index contributed by atoms with van der Waals surface area (Å²) in [5, 5.41) is 21.6. The van der Waals surface area contributed by atoms with E-state index >= 15 is 0 Å². The van der Waals surface area contributed by atoms with Crippen molar-refractivity contribution < 1.29 is 10.0 Å². The summed E-state index contributed by atoms with van der Waals surface area (Å²) in [7, 11) is 0. The van der Waals surface area contributed by atoms with Gasteiger partial charge >= 0.3 is 0 Å². The lowest BCUT2D eigenvalue weighted by Crippen LogP contribution is -2.46. The molecule has 5 nitrogen and oxygen atoms in total. The van der Waals surface area contributed by atoms with E-state index in [0.717, 1.165) is 12.3 Å². The van der Waals surface area contributed by atoms with E-state index in [0.29, 0.717) is 23.4 Å². The fourth-order valence-electron chi connectivity index (χ4n) is 2.43. The molecule has 2 rings (SSSR count). The van der Waals surface area contributed by atoms with Crippen molar-refractivity contribution >= 4 is 17.4 Å². The van der Waals surface area contributed by atoms with E-state index < -0.39 is 11.0 Å². The maximum Gasteiger partial charge on any atom is 0.269 e. The molecule has 0 saturated carbocycles. The normalized spacial score (nSPS) is 25.4. The van der Waals surface area contributed by atoms with Crippen molar-refractivity contribution in [2.75, 3.05) is 18.8 Å². The zero-order valence-electron chi connectivity index (χ0n) is 11.7. The van der Waals surface area contributed by atoms with Crippen LogP contribution in [-0.4, -0.2) is 45.1 Å². The van der Waals surface area contributed by atoms with Gasteiger partial charge in [-0.15, -0.1) is 0 Å². The van der Waals surface area contributed by atoms with Crippen molar-refractivity contribution in [3.63, 3.8) is 0 Å². The fourth-order valence-corrected chi connectivity index (χ4v) is 3.59. The van der Waals surface area contributed by atoms with Crippen LogP contribution in [0.3, 0.4) is 0 Å². The topological polar surface area (TPSA) is 66.6 Å². The summed E-state index contributed by atoms with van der Waals surface area (Å²) in [6.07, 6.45) is -0.687. The van der Waals surface area contributed by atoms with Gasteiger partial charge < -0.3 is 5.11 Å². The lowest BCUT2D eigenvalue weighted by molar-refractivity contribution is -0.385. The van der Waals surface area contributed by atoms with E-state index in [1.807, 2.05) is 11.8 Å². The SMILES string of the molecule is CC1SCCN(CC(O)c2cccc([N+](=O)[O-])c2)C1C. The first kappa shape index (κ1) is 15.3. The molecule has 1 fully saturated rings. The smallest absolute Gasteiger partial charge is 0.269 e. The van der Waals surface area contributed by atoms with Crippen LogP contribution in [0.2, 0.25) is 0 Å². The Hall–Kier alpha value is -1.11. The minimum atomic E-state index is -0.687. The van der Waals surface area contributed by atoms with Crippen LogP contribution in [-0.2, 0) is 0 Å². The van der Waals surface area contributed by atoms with Crippen molar-refractivity contribution in [1.29, 1.82) is 0 Å². The number of aliphatic hydroxyl groups is 1. The van der Waals surface area contributed by atoms with Gasteiger partial charge in [0.05, 0.1) is 11.0 Å². The first-order chi connectivity index (χ1) is 9.49. The highest BCUT2D eigenvalue weighted by Crippen LogP contribution is 2.27. The number of aliphatic hydroxyl groups excluding tert-OH is 1. The fraction of sp³-hybridized carbons (Fsp3) is 0.571. The summed E-state index contributed by atoms with van der Waals surface area (Å²) >= 11 is 1.95. The Morgan fingerprint density at radius 1 is 1.55 bits per heavy atom. The third-order valence-corrected chi connectivity index (χ3v) is 5.23. The van der Waals surface area contributed by atoms with Gasteiger partial charge in [-0.3, -0.25) is 15.0 Å². The molecule has 1 aromatic carbocycles. The molecule has 1 aliphatic heterocycles. The molecule has 3 unspecified atom stereocenters. The summed E-state index contributed by atoms with van der Waals surface area (Å²) in [4.78, 5) is 12.6. The summed E-state index contributed by atoms with van der Waals surface area (Å²) in [5.41, 5.74) is 0.634. The quantitative estimate of drug-likeness (QED) is 0.683. The number of hydrogen-bond acceptors (Lipinski definition) is 5. The van der Waals surface area contributed by atoms with Crippen molar-refractivity contribution in [2.45, 2.75) is 31.2 Å². The maximum absolute atomic E-state index is 10.8. The van der Waals surface area contributed by atoms with Crippen LogP contribution >= 0.6 is 11.8 Å². The van der Waals surface area contributed by atoms with Crippen molar-refractivity contribution in [3.8, 4) is 0 Å². The Morgan fingerprint density at radius 2 is 2.30 bits per heavy atom. The highest BCUT2D eigenvalue weighted by Gasteiger charge is 2.27. The molecule has 3 atom stereocenters. The lowest BCUT2D eigenvalue weighted by Gasteiger charge is -2.38. The van der Waals surface area contributed by atoms with Gasteiger partial charge in [0, 0.05) is 42.3 Å². The Morgan fingerprint density at radius 3 is 3.00 bits per heavy atom. The van der Waals surface area contributed by atoms with Crippen molar-refractivity contribution in [2.24, 2.45) is 0 Å². The number of hydrogen-bond donors (Lipinski definition) is 1. The first-order valence-electron chi connectivity index (χ1n) is 6.77. The number of nitro benzene ring substituents is 1. The molecule has 0 aliphatic carbocycles. The van der Waals surface area contributed by atoms with Gasteiger partial charge in [0.15, 0.2) is 0 Å². The number of nitro groups is 1. The number of non-ortho nitro benzene ring substituents is 1. The Labute approximate surface area is 123 Å². The first-order valence-corrected chi connectivity index (χ1v) is 7.82. The minimum absolute atomic E-state index is 0.0252. The molecule has 1 N–H and O–H groups in total. The maximum atomic E-state index is 10.8. The van der Waals surface area contributed by atoms with Gasteiger partial charge in [-0.2, -0.15) is 11.8 Å². The summed E-state index contributed by atoms with van der Waals surface area (Å²) in [5.74, 6) is 1.06. The van der Waals surface area contributed by atoms with Crippen molar-refractivity contribution in [1.82, 2.24) is 4.90 Å². The van der Waals surface area contributed by atoms with Gasteiger partial charge in [-0.25, -0.2) is 0 Å². The third-order valence-electron chi connectivity index (χ3n) is 3.89. The van der Waals surface area contributed by atoms with Crippen LogP contribution in [0.4, 0.5) is 5.69 Å². The van der Waals surface area contributed by atoms with E-state index in [9.17, 15) is 15.2 Å². The van der Waals surface area contributed by atoms with E-state index in [1.165, 1.54) is 12.1 Å². The molecule has 1 aliphatic rings. The Balaban J connectivity index is 2.06. The molecule has 0 amide bonds. The number of rotatable bonds is 4. The van der Waals surface area contributed by atoms with Gasteiger partial charge in [-0.1, -0.05) is 19.1 Å². The van der Waals surface area contributed by atoms with Crippen LogP contribution < -0.4 is 0 Å². The Kier molecular flexibility index (Phi) is 5.01. The molecular weight excluding hydrogens is 276 g/mol. The molecule has 0 radical (unpaired) electrons. The zero-order valence-corrected chi connectivity index (χ0v) is 12.5. The highest BCUT2D eigenvalue weighted by atomic mass is 32.2. The predicted molar refractivity (Wildman–Crippen MR) is 81.0 cm³/mol. The average Bonchev–Trinajstić information content (AvgIpc) is 2.44. The van der Waals surface area contributed by atoms with Crippen LogP contribution in [0.1, 0.15) is 25.5 Å². The molecule has 0 aromatic heterocycles. The van der Waals surface area contributed by atoms with E-state index in [-0.39, 0.29) is 5.69 Å². The van der Waals surface area contributed by atoms with E-state index in [4.69, 9.17) is 0 Å². The molecule has 0 spiro atoms. The average molecular weight is 296 g/mol. The zero-order chi connectivity index (χ0) is 14.7. The second kappa shape index (κ2) is 6.56. The molecule has 1 aromatic rings. The van der Waals surface area contributed by atoms with Gasteiger partial charge in [0.2, 0.25) is 0 Å². The highest BCUT2D eigenvalue weighted by molar-refractivity contribution is 8.00. The molecule has 1 saturated heterocycles. The molecule has 1 heterocycles. The summed E-state index contributed by atoms with van der Waals surface area (Å²) < 4.78 is 0. The molecule has 6 heteroatoms. The summed E-state index contributed by atoms with van der Waals surface area (Å²) in [6.45, 7) is 5.83. The van der Waals surface area contributed by atoms with Crippen LogP contribution in [0.5, 0.6) is 0 Å². The predicted octanol–water partition coefficient (Wildman–Crippen LogP) is 2.45. The van der Waals surface area contributed by atoms with Crippen LogP contribution in [0.25, 0.3) is 0 Å². The monoisotopic (exact) mass is 296 g/mol. The van der Waals surface area contributed by atoms with E-state index in [1.54, 1.807) is 12.1 Å². The number of thioether (sulfide) groups is 1. The lowest BCUT2D eigenvalue weighted by atomic mass is 10.1. The number of nitrogens with zero attached hydrogens (tertiary/aromatic N) is 2. The van der Waals surface area contributed by atoms with Gasteiger partial charge in [0.25, 0.3) is 5.69 Å². The molecule has 110 valence electrons. The molecular formula is C14H20N2O3S. The molecule has 0 bridgehead atoms. The standard InChI is InChI=1S/C14H20N2O3S/c1-10-11(2)20-7-6-15(10)9-14(17)12-4-3-5-13(8-12)16(18)19/h3-5,8,10-11,14,17H,6-7,9H2,1-2H3. The van der Waals surface area contributed by atoms with Crippen LogP contribution in [0.15, 0.2) is 24.3 Å². The van der Waals surface area contributed by atoms with Gasteiger partial charge in [0.1, 0.15) is 0 Å². The second-order valence-corrected chi connectivity index (χ2v) is 6.66.